The molecule has 2 aromatic rings. The van der Waals surface area contributed by atoms with Crippen molar-refractivity contribution in [2.45, 2.75) is 65.2 Å². The lowest BCUT2D eigenvalue weighted by Gasteiger charge is -2.21. The van der Waals surface area contributed by atoms with E-state index in [9.17, 15) is 22.8 Å². The summed E-state index contributed by atoms with van der Waals surface area (Å²) >= 11 is 0. The number of anilines is 1. The van der Waals surface area contributed by atoms with Gasteiger partial charge >= 0.3 is 12.3 Å². The molecule has 10 heteroatoms. The first-order valence-corrected chi connectivity index (χ1v) is 12.0. The standard InChI is InChI=1S/C27H30F3N3O4/c1-5-6-7-11-31-24-22(19-15-32-33(16-19)25(35)37-26(2,3)4)13-20(27(28,29)30)14-23(24)36-21-10-8-9-18(12-21)17-34/h8-10,13-16,31H,5-7,11-12H2,1-4H3. The summed E-state index contributed by atoms with van der Waals surface area (Å²) < 4.78 is 53.9. The number of alkyl halides is 3. The largest absolute Gasteiger partial charge is 0.459 e. The normalized spacial score (nSPS) is 13.7. The van der Waals surface area contributed by atoms with E-state index in [4.69, 9.17) is 9.47 Å². The molecule has 0 bridgehead atoms. The number of ether oxygens (including phenoxy) is 2. The molecule has 1 N–H and O–H groups in total. The molecule has 0 spiro atoms. The lowest BCUT2D eigenvalue weighted by molar-refractivity contribution is -0.137. The summed E-state index contributed by atoms with van der Waals surface area (Å²) in [6, 6.07) is 1.92. The Morgan fingerprint density at radius 3 is 2.62 bits per heavy atom. The van der Waals surface area contributed by atoms with Gasteiger partial charge in [0, 0.05) is 35.9 Å². The Bertz CT molecular complexity index is 1250. The highest BCUT2D eigenvalue weighted by Gasteiger charge is 2.33. The third-order valence-electron chi connectivity index (χ3n) is 5.30. The van der Waals surface area contributed by atoms with Gasteiger partial charge in [-0.3, -0.25) is 0 Å². The van der Waals surface area contributed by atoms with E-state index in [0.717, 1.165) is 36.1 Å². The van der Waals surface area contributed by atoms with Crippen LogP contribution in [0.4, 0.5) is 23.7 Å². The van der Waals surface area contributed by atoms with Crippen LogP contribution >= 0.6 is 0 Å². The maximum Gasteiger partial charge on any atom is 0.435 e. The zero-order valence-corrected chi connectivity index (χ0v) is 21.2. The van der Waals surface area contributed by atoms with Gasteiger partial charge in [0.2, 0.25) is 0 Å². The summed E-state index contributed by atoms with van der Waals surface area (Å²) in [5, 5.41) is 7.22. The van der Waals surface area contributed by atoms with E-state index in [2.05, 4.69) is 10.4 Å². The molecule has 1 aliphatic carbocycles. The number of nitrogens with zero attached hydrogens (tertiary/aromatic N) is 2. The molecule has 0 radical (unpaired) electrons. The quantitative estimate of drug-likeness (QED) is 0.302. The first kappa shape index (κ1) is 27.8. The maximum atomic E-state index is 13.9. The van der Waals surface area contributed by atoms with Gasteiger partial charge in [-0.1, -0.05) is 25.8 Å². The van der Waals surface area contributed by atoms with E-state index in [0.29, 0.717) is 23.6 Å². The minimum absolute atomic E-state index is 0.0573. The number of carbonyl (C=O) groups excluding carboxylic acids is 2. The molecule has 1 heterocycles. The molecule has 198 valence electrons. The van der Waals surface area contributed by atoms with Gasteiger partial charge in [-0.05, 0) is 51.5 Å². The molecule has 0 amide bonds. The molecule has 0 fully saturated rings. The molecule has 1 aromatic carbocycles. The predicted octanol–water partition coefficient (Wildman–Crippen LogP) is 6.93. The Morgan fingerprint density at radius 2 is 1.97 bits per heavy atom. The highest BCUT2D eigenvalue weighted by Crippen LogP contribution is 2.43. The average molecular weight is 518 g/mol. The lowest BCUT2D eigenvalue weighted by Crippen LogP contribution is -2.27. The zero-order chi connectivity index (χ0) is 27.2. The van der Waals surface area contributed by atoms with Crippen LogP contribution in [0.5, 0.6) is 5.75 Å². The number of rotatable bonds is 8. The van der Waals surface area contributed by atoms with Crippen molar-refractivity contribution in [2.24, 2.45) is 0 Å². The number of hydrogen-bond donors (Lipinski definition) is 1. The Labute approximate surface area is 213 Å². The third kappa shape index (κ3) is 7.60. The van der Waals surface area contributed by atoms with Crippen molar-refractivity contribution in [2.75, 3.05) is 11.9 Å². The van der Waals surface area contributed by atoms with Gasteiger partial charge in [-0.15, -0.1) is 0 Å². The number of allylic oxidation sites excluding steroid dienone is 4. The summed E-state index contributed by atoms with van der Waals surface area (Å²) in [5.74, 6) is 2.03. The highest BCUT2D eigenvalue weighted by molar-refractivity contribution is 5.84. The molecule has 1 aromatic heterocycles. The summed E-state index contributed by atoms with van der Waals surface area (Å²) in [6.45, 7) is 7.63. The van der Waals surface area contributed by atoms with E-state index in [1.165, 1.54) is 12.4 Å². The van der Waals surface area contributed by atoms with Gasteiger partial charge in [0.05, 0.1) is 17.4 Å². The van der Waals surface area contributed by atoms with Crippen LogP contribution in [0.15, 0.2) is 54.1 Å². The van der Waals surface area contributed by atoms with Crippen molar-refractivity contribution in [3.63, 3.8) is 0 Å². The summed E-state index contributed by atoms with van der Waals surface area (Å²) in [4.78, 5) is 23.6. The van der Waals surface area contributed by atoms with Crippen LogP contribution in [-0.4, -0.2) is 34.0 Å². The Kier molecular flexibility index (Phi) is 8.65. The van der Waals surface area contributed by atoms with Crippen molar-refractivity contribution in [3.8, 4) is 16.9 Å². The number of hydrogen-bond acceptors (Lipinski definition) is 6. The van der Waals surface area contributed by atoms with Crippen LogP contribution in [0.3, 0.4) is 0 Å². The fraction of sp³-hybridized carbons (Fsp3) is 0.407. The van der Waals surface area contributed by atoms with Crippen LogP contribution < -0.4 is 10.1 Å². The van der Waals surface area contributed by atoms with E-state index < -0.39 is 23.4 Å². The van der Waals surface area contributed by atoms with Crippen LogP contribution in [0, 0.1) is 0 Å². The van der Waals surface area contributed by atoms with Gasteiger partial charge in [0.1, 0.15) is 17.3 Å². The molecule has 7 nitrogen and oxygen atoms in total. The number of benzene rings is 1. The Morgan fingerprint density at radius 1 is 1.22 bits per heavy atom. The first-order valence-electron chi connectivity index (χ1n) is 12.0. The molecule has 0 unspecified atom stereocenters. The van der Waals surface area contributed by atoms with Crippen LogP contribution in [0.2, 0.25) is 0 Å². The molecule has 0 saturated carbocycles. The molecule has 1 aliphatic rings. The number of halogens is 3. The van der Waals surface area contributed by atoms with Gasteiger partial charge in [0.25, 0.3) is 0 Å². The van der Waals surface area contributed by atoms with Gasteiger partial charge in [-0.25, -0.2) is 9.59 Å². The van der Waals surface area contributed by atoms with E-state index >= 15 is 0 Å². The van der Waals surface area contributed by atoms with Crippen molar-refractivity contribution in [1.29, 1.82) is 0 Å². The number of carbonyl (C=O) groups is 1. The molecule has 0 aliphatic heterocycles. The fourth-order valence-corrected chi connectivity index (χ4v) is 3.59. The van der Waals surface area contributed by atoms with Crippen LogP contribution in [0.1, 0.15) is 58.9 Å². The van der Waals surface area contributed by atoms with Crippen molar-refractivity contribution in [3.05, 3.63) is 59.7 Å². The van der Waals surface area contributed by atoms with E-state index in [-0.39, 0.29) is 23.3 Å². The zero-order valence-electron chi connectivity index (χ0n) is 21.2. The minimum Gasteiger partial charge on any atom is -0.459 e. The van der Waals surface area contributed by atoms with E-state index in [1.54, 1.807) is 44.9 Å². The number of unbranched alkanes of at least 4 members (excludes halogenated alkanes) is 2. The second-order valence-electron chi connectivity index (χ2n) is 9.58. The molecule has 3 rings (SSSR count). The number of nitrogens with one attached hydrogen (secondary N) is 1. The van der Waals surface area contributed by atoms with E-state index in [1.807, 2.05) is 6.92 Å². The third-order valence-corrected chi connectivity index (χ3v) is 5.30. The highest BCUT2D eigenvalue weighted by atomic mass is 19.4. The monoisotopic (exact) mass is 517 g/mol. The molecular weight excluding hydrogens is 487 g/mol. The second kappa shape index (κ2) is 11.5. The average Bonchev–Trinajstić information content (AvgIpc) is 3.31. The maximum absolute atomic E-state index is 13.9. The van der Waals surface area contributed by atoms with Crippen LogP contribution in [-0.2, 0) is 15.7 Å². The Balaban J connectivity index is 2.10. The van der Waals surface area contributed by atoms with Crippen molar-refractivity contribution >= 4 is 17.7 Å². The van der Waals surface area contributed by atoms with Gasteiger partial charge in [0.15, 0.2) is 5.75 Å². The molecular formula is C27H30F3N3O4. The minimum atomic E-state index is -4.66. The lowest BCUT2D eigenvalue weighted by atomic mass is 10.0. The number of aromatic nitrogens is 2. The first-order chi connectivity index (χ1) is 17.4. The van der Waals surface area contributed by atoms with Gasteiger partial charge in [-0.2, -0.15) is 23.0 Å². The van der Waals surface area contributed by atoms with Crippen LogP contribution in [0.25, 0.3) is 11.1 Å². The topological polar surface area (TPSA) is 82.5 Å². The molecule has 37 heavy (non-hydrogen) atoms. The van der Waals surface area contributed by atoms with Crippen molar-refractivity contribution < 1.29 is 32.2 Å². The molecule has 0 saturated heterocycles. The second-order valence-corrected chi connectivity index (χ2v) is 9.58. The van der Waals surface area contributed by atoms with Crippen molar-refractivity contribution in [1.82, 2.24) is 9.78 Å². The SMILES string of the molecule is CCCCCNc1c(OC2=CC=CC(=C=O)C2)cc(C(F)(F)F)cc1-c1cnn(C(=O)OC(C)(C)C)c1. The van der Waals surface area contributed by atoms with Gasteiger partial charge < -0.3 is 14.8 Å². The summed E-state index contributed by atoms with van der Waals surface area (Å²) in [7, 11) is 0. The molecule has 0 atom stereocenters. The fourth-order valence-electron chi connectivity index (χ4n) is 3.59. The summed E-state index contributed by atoms with van der Waals surface area (Å²) in [6.07, 6.45) is 4.70. The Hall–Kier alpha value is -3.78. The smallest absolute Gasteiger partial charge is 0.435 e. The predicted molar refractivity (Wildman–Crippen MR) is 134 cm³/mol. The summed E-state index contributed by atoms with van der Waals surface area (Å²) in [5.41, 5.74) is -0.635.